The van der Waals surface area contributed by atoms with E-state index in [2.05, 4.69) is 5.10 Å². The first kappa shape index (κ1) is 11.0. The van der Waals surface area contributed by atoms with Crippen molar-refractivity contribution in [2.75, 3.05) is 0 Å². The van der Waals surface area contributed by atoms with E-state index in [0.29, 0.717) is 10.7 Å². The van der Waals surface area contributed by atoms with Crippen LogP contribution >= 0.6 is 11.6 Å². The van der Waals surface area contributed by atoms with E-state index in [1.54, 1.807) is 16.8 Å². The van der Waals surface area contributed by atoms with Gasteiger partial charge in [0.15, 0.2) is 5.76 Å². The summed E-state index contributed by atoms with van der Waals surface area (Å²) in [6, 6.07) is 3.34. The van der Waals surface area contributed by atoms with Gasteiger partial charge in [-0.05, 0) is 26.0 Å². The Hall–Kier alpha value is -1.55. The molecule has 0 spiro atoms. The van der Waals surface area contributed by atoms with Crippen molar-refractivity contribution in [3.63, 3.8) is 0 Å². The van der Waals surface area contributed by atoms with Gasteiger partial charge in [-0.2, -0.15) is 5.10 Å². The van der Waals surface area contributed by atoms with Gasteiger partial charge in [0.05, 0.1) is 17.5 Å². The summed E-state index contributed by atoms with van der Waals surface area (Å²) >= 11 is 5.95. The van der Waals surface area contributed by atoms with Crippen LogP contribution in [0, 0.1) is 0 Å². The number of hydrogen-bond donors (Lipinski definition) is 0. The van der Waals surface area contributed by atoms with Crippen molar-refractivity contribution in [1.82, 2.24) is 9.78 Å². The SMILES string of the molecule is CC(C)n1ncc(Cl)c1C(=O)c1ccco1. The number of ketones is 1. The molecule has 0 aliphatic heterocycles. The summed E-state index contributed by atoms with van der Waals surface area (Å²) < 4.78 is 6.65. The average Bonchev–Trinajstić information content (AvgIpc) is 2.84. The van der Waals surface area contributed by atoms with Crippen LogP contribution in [0.5, 0.6) is 0 Å². The molecule has 0 bridgehead atoms. The molecule has 2 aromatic rings. The van der Waals surface area contributed by atoms with Gasteiger partial charge in [0, 0.05) is 6.04 Å². The number of hydrogen-bond acceptors (Lipinski definition) is 3. The fraction of sp³-hybridized carbons (Fsp3) is 0.273. The Labute approximate surface area is 97.8 Å². The molecule has 0 aliphatic rings. The van der Waals surface area contributed by atoms with Gasteiger partial charge < -0.3 is 4.42 Å². The molecule has 2 heterocycles. The van der Waals surface area contributed by atoms with Gasteiger partial charge in [0.2, 0.25) is 5.78 Å². The smallest absolute Gasteiger partial charge is 0.247 e. The molecular formula is C11H11ClN2O2. The fourth-order valence-electron chi connectivity index (χ4n) is 1.47. The second-order valence-corrected chi connectivity index (χ2v) is 4.09. The Bertz CT molecular complexity index is 500. The van der Waals surface area contributed by atoms with Gasteiger partial charge in [0.1, 0.15) is 5.69 Å². The first-order valence-electron chi connectivity index (χ1n) is 4.92. The lowest BCUT2D eigenvalue weighted by Gasteiger charge is -2.09. The van der Waals surface area contributed by atoms with E-state index >= 15 is 0 Å². The topological polar surface area (TPSA) is 48.0 Å². The van der Waals surface area contributed by atoms with E-state index in [1.165, 1.54) is 12.5 Å². The molecule has 0 fully saturated rings. The van der Waals surface area contributed by atoms with Crippen LogP contribution < -0.4 is 0 Å². The molecule has 0 aromatic carbocycles. The summed E-state index contributed by atoms with van der Waals surface area (Å²) in [5.41, 5.74) is 0.367. The lowest BCUT2D eigenvalue weighted by Crippen LogP contribution is -2.13. The minimum absolute atomic E-state index is 0.0708. The molecule has 0 saturated carbocycles. The van der Waals surface area contributed by atoms with Crippen LogP contribution in [0.25, 0.3) is 0 Å². The van der Waals surface area contributed by atoms with E-state index in [1.807, 2.05) is 13.8 Å². The van der Waals surface area contributed by atoms with Crippen LogP contribution in [0.4, 0.5) is 0 Å². The summed E-state index contributed by atoms with van der Waals surface area (Å²) in [5, 5.41) is 4.41. The monoisotopic (exact) mass is 238 g/mol. The van der Waals surface area contributed by atoms with E-state index in [9.17, 15) is 4.79 Å². The Morgan fingerprint density at radius 2 is 2.31 bits per heavy atom. The Morgan fingerprint density at radius 3 is 2.88 bits per heavy atom. The number of rotatable bonds is 3. The van der Waals surface area contributed by atoms with E-state index in [-0.39, 0.29) is 17.6 Å². The number of carbonyl (C=O) groups is 1. The van der Waals surface area contributed by atoms with E-state index in [4.69, 9.17) is 16.0 Å². The maximum absolute atomic E-state index is 12.1. The van der Waals surface area contributed by atoms with Crippen molar-refractivity contribution in [1.29, 1.82) is 0 Å². The molecule has 0 radical (unpaired) electrons. The van der Waals surface area contributed by atoms with Crippen molar-refractivity contribution in [3.05, 3.63) is 41.1 Å². The molecule has 2 aromatic heterocycles. The summed E-state index contributed by atoms with van der Waals surface area (Å²) in [6.45, 7) is 3.87. The Balaban J connectivity index is 2.48. The summed E-state index contributed by atoms with van der Waals surface area (Å²) in [6.07, 6.45) is 2.93. The van der Waals surface area contributed by atoms with Gasteiger partial charge in [-0.1, -0.05) is 11.6 Å². The summed E-state index contributed by atoms with van der Waals surface area (Å²) in [7, 11) is 0. The molecule has 0 saturated heterocycles. The Kier molecular flexibility index (Phi) is 2.83. The predicted molar refractivity (Wildman–Crippen MR) is 59.8 cm³/mol. The first-order chi connectivity index (χ1) is 7.61. The molecule has 0 N–H and O–H groups in total. The third-order valence-electron chi connectivity index (χ3n) is 2.20. The predicted octanol–water partition coefficient (Wildman–Crippen LogP) is 2.94. The Morgan fingerprint density at radius 1 is 1.56 bits per heavy atom. The number of aromatic nitrogens is 2. The highest BCUT2D eigenvalue weighted by Gasteiger charge is 2.22. The van der Waals surface area contributed by atoms with Crippen molar-refractivity contribution >= 4 is 17.4 Å². The van der Waals surface area contributed by atoms with Gasteiger partial charge in [-0.15, -0.1) is 0 Å². The molecule has 0 amide bonds. The van der Waals surface area contributed by atoms with Crippen LogP contribution in [-0.4, -0.2) is 15.6 Å². The van der Waals surface area contributed by atoms with Gasteiger partial charge >= 0.3 is 0 Å². The third-order valence-corrected chi connectivity index (χ3v) is 2.48. The van der Waals surface area contributed by atoms with Crippen molar-refractivity contribution < 1.29 is 9.21 Å². The quantitative estimate of drug-likeness (QED) is 0.773. The molecule has 0 aliphatic carbocycles. The average molecular weight is 239 g/mol. The second kappa shape index (κ2) is 4.14. The van der Waals surface area contributed by atoms with Gasteiger partial charge in [0.25, 0.3) is 0 Å². The molecule has 84 valence electrons. The van der Waals surface area contributed by atoms with Gasteiger partial charge in [-0.3, -0.25) is 9.48 Å². The number of carbonyl (C=O) groups excluding carboxylic acids is 1. The molecule has 0 atom stereocenters. The molecular weight excluding hydrogens is 228 g/mol. The lowest BCUT2D eigenvalue weighted by atomic mass is 10.2. The number of halogens is 1. The van der Waals surface area contributed by atoms with Crippen molar-refractivity contribution in [2.24, 2.45) is 0 Å². The molecule has 16 heavy (non-hydrogen) atoms. The van der Waals surface area contributed by atoms with Crippen molar-refractivity contribution in [3.8, 4) is 0 Å². The maximum Gasteiger partial charge on any atom is 0.247 e. The highest BCUT2D eigenvalue weighted by Crippen LogP contribution is 2.22. The molecule has 4 nitrogen and oxygen atoms in total. The zero-order valence-electron chi connectivity index (χ0n) is 8.98. The number of nitrogens with zero attached hydrogens (tertiary/aromatic N) is 2. The molecule has 5 heteroatoms. The maximum atomic E-state index is 12.1. The van der Waals surface area contributed by atoms with E-state index < -0.39 is 0 Å². The van der Waals surface area contributed by atoms with Gasteiger partial charge in [-0.25, -0.2) is 0 Å². The van der Waals surface area contributed by atoms with Crippen LogP contribution in [0.1, 0.15) is 36.1 Å². The second-order valence-electron chi connectivity index (χ2n) is 3.69. The highest BCUT2D eigenvalue weighted by atomic mass is 35.5. The first-order valence-corrected chi connectivity index (χ1v) is 5.30. The highest BCUT2D eigenvalue weighted by molar-refractivity contribution is 6.34. The molecule has 0 unspecified atom stereocenters. The fourth-order valence-corrected chi connectivity index (χ4v) is 1.69. The van der Waals surface area contributed by atoms with Crippen LogP contribution in [-0.2, 0) is 0 Å². The summed E-state index contributed by atoms with van der Waals surface area (Å²) in [5.74, 6) is 0.0190. The zero-order chi connectivity index (χ0) is 11.7. The lowest BCUT2D eigenvalue weighted by molar-refractivity contribution is 0.0997. The third kappa shape index (κ3) is 1.76. The molecule has 2 rings (SSSR count). The largest absolute Gasteiger partial charge is 0.461 e. The minimum Gasteiger partial charge on any atom is -0.461 e. The standard InChI is InChI=1S/C11H11ClN2O2/c1-7(2)14-10(8(12)6-13-14)11(15)9-4-3-5-16-9/h3-7H,1-2H3. The van der Waals surface area contributed by atoms with Crippen molar-refractivity contribution in [2.45, 2.75) is 19.9 Å². The minimum atomic E-state index is -0.249. The summed E-state index contributed by atoms with van der Waals surface area (Å²) in [4.78, 5) is 12.1. The van der Waals surface area contributed by atoms with Crippen LogP contribution in [0.3, 0.4) is 0 Å². The zero-order valence-corrected chi connectivity index (χ0v) is 9.73. The van der Waals surface area contributed by atoms with E-state index in [0.717, 1.165) is 0 Å². The number of furan rings is 1. The van der Waals surface area contributed by atoms with Crippen LogP contribution in [0.2, 0.25) is 5.02 Å². The normalized spacial score (nSPS) is 11.0. The van der Waals surface area contributed by atoms with Crippen LogP contribution in [0.15, 0.2) is 29.0 Å².